The smallest absolute Gasteiger partial charge is 0.406 e. The first-order chi connectivity index (χ1) is 9.94. The van der Waals surface area contributed by atoms with Crippen LogP contribution in [0.5, 0.6) is 5.75 Å². The fourth-order valence-electron chi connectivity index (χ4n) is 2.93. The molecular weight excluding hydrogens is 279 g/mol. The van der Waals surface area contributed by atoms with Gasteiger partial charge in [0.1, 0.15) is 5.75 Å². The highest BCUT2D eigenvalue weighted by molar-refractivity contribution is 5.28. The van der Waals surface area contributed by atoms with Crippen LogP contribution in [0.15, 0.2) is 24.3 Å². The van der Waals surface area contributed by atoms with Crippen LogP contribution in [-0.2, 0) is 6.54 Å². The molecular formula is C16H22F3NO. The lowest BCUT2D eigenvalue weighted by Crippen LogP contribution is -2.34. The van der Waals surface area contributed by atoms with Crippen LogP contribution < -0.4 is 10.1 Å². The third-order valence-corrected chi connectivity index (χ3v) is 4.12. The Balaban J connectivity index is 1.86. The molecule has 0 heterocycles. The Morgan fingerprint density at radius 3 is 2.62 bits per heavy atom. The molecule has 1 saturated carbocycles. The Hall–Kier alpha value is -1.23. The lowest BCUT2D eigenvalue weighted by molar-refractivity contribution is -0.274. The molecule has 0 saturated heterocycles. The third kappa shape index (κ3) is 5.58. The van der Waals surface area contributed by atoms with Gasteiger partial charge in [0.05, 0.1) is 0 Å². The monoisotopic (exact) mass is 301 g/mol. The van der Waals surface area contributed by atoms with Crippen LogP contribution in [0.4, 0.5) is 13.2 Å². The van der Waals surface area contributed by atoms with E-state index in [0.29, 0.717) is 18.5 Å². The Bertz CT molecular complexity index is 441. The molecule has 0 aromatic heterocycles. The van der Waals surface area contributed by atoms with Crippen molar-refractivity contribution in [2.24, 2.45) is 5.92 Å². The summed E-state index contributed by atoms with van der Waals surface area (Å²) in [6.45, 7) is 2.72. The van der Waals surface area contributed by atoms with E-state index in [0.717, 1.165) is 5.56 Å². The van der Waals surface area contributed by atoms with Gasteiger partial charge in [-0.3, -0.25) is 0 Å². The number of alkyl halides is 3. The molecule has 0 radical (unpaired) electrons. The zero-order chi connectivity index (χ0) is 15.3. The van der Waals surface area contributed by atoms with E-state index >= 15 is 0 Å². The maximum Gasteiger partial charge on any atom is 0.573 e. The Morgan fingerprint density at radius 1 is 1.24 bits per heavy atom. The summed E-state index contributed by atoms with van der Waals surface area (Å²) in [7, 11) is 0. The maximum absolute atomic E-state index is 12.2. The van der Waals surface area contributed by atoms with Crippen LogP contribution in [0.3, 0.4) is 0 Å². The van der Waals surface area contributed by atoms with E-state index in [9.17, 15) is 13.2 Å². The minimum atomic E-state index is -4.64. The molecule has 1 aromatic rings. The lowest BCUT2D eigenvalue weighted by atomic mass is 9.84. The summed E-state index contributed by atoms with van der Waals surface area (Å²) in [5.74, 6) is 0.514. The first-order valence-electron chi connectivity index (χ1n) is 7.52. The number of benzene rings is 1. The minimum absolute atomic E-state index is 0.160. The fraction of sp³-hybridized carbons (Fsp3) is 0.625. The SMILES string of the molecule is C[C@@H](NCc1cccc(OC(F)(F)F)c1)C1CCCCC1. The Labute approximate surface area is 123 Å². The first-order valence-corrected chi connectivity index (χ1v) is 7.52. The number of halogens is 3. The molecule has 1 atom stereocenters. The highest BCUT2D eigenvalue weighted by atomic mass is 19.4. The topological polar surface area (TPSA) is 21.3 Å². The van der Waals surface area contributed by atoms with Gasteiger partial charge in [0.25, 0.3) is 0 Å². The number of hydrogen-bond acceptors (Lipinski definition) is 2. The van der Waals surface area contributed by atoms with Gasteiger partial charge in [-0.25, -0.2) is 0 Å². The highest BCUT2D eigenvalue weighted by Gasteiger charge is 2.31. The Morgan fingerprint density at radius 2 is 1.95 bits per heavy atom. The Kier molecular flexibility index (Phi) is 5.51. The molecule has 0 unspecified atom stereocenters. The molecule has 0 amide bonds. The quantitative estimate of drug-likeness (QED) is 0.855. The van der Waals surface area contributed by atoms with E-state index in [4.69, 9.17) is 0 Å². The molecule has 0 spiro atoms. The molecule has 0 aliphatic heterocycles. The summed E-state index contributed by atoms with van der Waals surface area (Å²) in [4.78, 5) is 0. The van der Waals surface area contributed by atoms with Gasteiger partial charge in [-0.15, -0.1) is 13.2 Å². The van der Waals surface area contributed by atoms with Crippen molar-refractivity contribution in [3.63, 3.8) is 0 Å². The fourth-order valence-corrected chi connectivity index (χ4v) is 2.93. The molecule has 1 aliphatic rings. The van der Waals surface area contributed by atoms with Gasteiger partial charge in [-0.2, -0.15) is 0 Å². The number of ether oxygens (including phenoxy) is 1. The van der Waals surface area contributed by atoms with Crippen molar-refractivity contribution >= 4 is 0 Å². The van der Waals surface area contributed by atoms with Crippen LogP contribution in [0.1, 0.15) is 44.6 Å². The molecule has 1 aromatic carbocycles. The second kappa shape index (κ2) is 7.16. The van der Waals surface area contributed by atoms with Crippen molar-refractivity contribution in [2.45, 2.75) is 58.0 Å². The number of rotatable bonds is 5. The van der Waals surface area contributed by atoms with E-state index in [-0.39, 0.29) is 5.75 Å². The summed E-state index contributed by atoms with van der Waals surface area (Å²) in [5, 5.41) is 3.42. The normalized spacial score (nSPS) is 18.5. The second-order valence-corrected chi connectivity index (χ2v) is 5.76. The molecule has 2 nitrogen and oxygen atoms in total. The molecule has 21 heavy (non-hydrogen) atoms. The molecule has 1 aliphatic carbocycles. The van der Waals surface area contributed by atoms with Gasteiger partial charge in [-0.1, -0.05) is 31.4 Å². The average Bonchev–Trinajstić information content (AvgIpc) is 2.44. The molecule has 1 fully saturated rings. The van der Waals surface area contributed by atoms with Crippen molar-refractivity contribution in [1.29, 1.82) is 0 Å². The molecule has 118 valence electrons. The van der Waals surface area contributed by atoms with Gasteiger partial charge in [0.15, 0.2) is 0 Å². The van der Waals surface area contributed by atoms with Crippen LogP contribution in [0.2, 0.25) is 0 Å². The summed E-state index contributed by atoms with van der Waals surface area (Å²) >= 11 is 0. The summed E-state index contributed by atoms with van der Waals surface area (Å²) in [6.07, 6.45) is 1.73. The van der Waals surface area contributed by atoms with Gasteiger partial charge in [-0.05, 0) is 43.4 Å². The predicted molar refractivity (Wildman–Crippen MR) is 76.0 cm³/mol. The second-order valence-electron chi connectivity index (χ2n) is 5.76. The number of nitrogens with one attached hydrogen (secondary N) is 1. The summed E-state index contributed by atoms with van der Waals surface area (Å²) < 4.78 is 40.5. The first kappa shape index (κ1) is 16.1. The molecule has 2 rings (SSSR count). The van der Waals surface area contributed by atoms with Gasteiger partial charge < -0.3 is 10.1 Å². The average molecular weight is 301 g/mol. The summed E-state index contributed by atoms with van der Waals surface area (Å²) in [6, 6.07) is 6.54. The van der Waals surface area contributed by atoms with Gasteiger partial charge in [0.2, 0.25) is 0 Å². The third-order valence-electron chi connectivity index (χ3n) is 4.12. The van der Waals surface area contributed by atoms with Crippen LogP contribution in [-0.4, -0.2) is 12.4 Å². The van der Waals surface area contributed by atoms with Crippen LogP contribution in [0, 0.1) is 5.92 Å². The maximum atomic E-state index is 12.2. The van der Waals surface area contributed by atoms with Crippen LogP contribution in [0.25, 0.3) is 0 Å². The van der Waals surface area contributed by atoms with E-state index in [1.54, 1.807) is 6.07 Å². The van der Waals surface area contributed by atoms with E-state index in [1.807, 2.05) is 6.07 Å². The highest BCUT2D eigenvalue weighted by Crippen LogP contribution is 2.27. The summed E-state index contributed by atoms with van der Waals surface area (Å²) in [5.41, 5.74) is 0.805. The van der Waals surface area contributed by atoms with E-state index < -0.39 is 6.36 Å². The number of hydrogen-bond donors (Lipinski definition) is 1. The van der Waals surface area contributed by atoms with Crippen molar-refractivity contribution in [1.82, 2.24) is 5.32 Å². The molecule has 5 heteroatoms. The molecule has 1 N–H and O–H groups in total. The van der Waals surface area contributed by atoms with E-state index in [2.05, 4.69) is 17.0 Å². The molecule has 0 bridgehead atoms. The standard InChI is InChI=1S/C16H22F3NO/c1-12(14-7-3-2-4-8-14)20-11-13-6-5-9-15(10-13)21-16(17,18)19/h5-6,9-10,12,14,20H,2-4,7-8,11H2,1H3/t12-/m1/s1. The zero-order valence-corrected chi connectivity index (χ0v) is 12.2. The largest absolute Gasteiger partial charge is 0.573 e. The van der Waals surface area contributed by atoms with Crippen LogP contribution >= 0.6 is 0 Å². The minimum Gasteiger partial charge on any atom is -0.406 e. The van der Waals surface area contributed by atoms with Crippen molar-refractivity contribution in [3.05, 3.63) is 29.8 Å². The predicted octanol–water partition coefficient (Wildman–Crippen LogP) is 4.64. The van der Waals surface area contributed by atoms with E-state index in [1.165, 1.54) is 44.2 Å². The van der Waals surface area contributed by atoms with Gasteiger partial charge in [0, 0.05) is 12.6 Å². The van der Waals surface area contributed by atoms with Crippen molar-refractivity contribution in [2.75, 3.05) is 0 Å². The van der Waals surface area contributed by atoms with Gasteiger partial charge >= 0.3 is 6.36 Å². The lowest BCUT2D eigenvalue weighted by Gasteiger charge is -2.28. The van der Waals surface area contributed by atoms with Crippen molar-refractivity contribution < 1.29 is 17.9 Å². The zero-order valence-electron chi connectivity index (χ0n) is 12.2. The van der Waals surface area contributed by atoms with Crippen molar-refractivity contribution in [3.8, 4) is 5.75 Å².